The van der Waals surface area contributed by atoms with Gasteiger partial charge in [-0.05, 0) is 32.5 Å². The Labute approximate surface area is 85.4 Å². The first-order valence-corrected chi connectivity index (χ1v) is 8.29. The Balaban J connectivity index is 2.56. The fourth-order valence-electron chi connectivity index (χ4n) is 1.54. The van der Waals surface area contributed by atoms with Crippen LogP contribution in [0.25, 0.3) is 0 Å². The molecule has 4 nitrogen and oxygen atoms in total. The maximum absolute atomic E-state index is 11.6. The van der Waals surface area contributed by atoms with Gasteiger partial charge in [0.15, 0.2) is 0 Å². The summed E-state index contributed by atoms with van der Waals surface area (Å²) in [6.45, 7) is 6.57. The van der Waals surface area contributed by atoms with Crippen LogP contribution in [-0.4, -0.2) is 38.2 Å². The summed E-state index contributed by atoms with van der Waals surface area (Å²) in [7, 11) is -1.82. The molecular weight excluding hydrogens is 198 g/mol. The molecule has 0 aromatic rings. The van der Waals surface area contributed by atoms with E-state index in [-0.39, 0.29) is 12.0 Å². The van der Waals surface area contributed by atoms with E-state index < -0.39 is 8.32 Å². The van der Waals surface area contributed by atoms with Crippen molar-refractivity contribution in [1.82, 2.24) is 4.90 Å². The predicted molar refractivity (Wildman–Crippen MR) is 55.2 cm³/mol. The molecule has 5 heteroatoms. The van der Waals surface area contributed by atoms with Crippen LogP contribution in [0.15, 0.2) is 0 Å². The molecule has 0 N–H and O–H groups in total. The van der Waals surface area contributed by atoms with Crippen LogP contribution >= 0.6 is 0 Å². The monoisotopic (exact) mass is 215 g/mol. The highest BCUT2D eigenvalue weighted by Crippen LogP contribution is 2.18. The number of hydrogen-bond acceptors (Lipinski definition) is 3. The van der Waals surface area contributed by atoms with Crippen molar-refractivity contribution < 1.29 is 14.0 Å². The number of amides is 1. The Bertz CT molecular complexity index is 237. The van der Waals surface area contributed by atoms with E-state index in [9.17, 15) is 9.59 Å². The van der Waals surface area contributed by atoms with Crippen molar-refractivity contribution in [3.63, 3.8) is 0 Å². The summed E-state index contributed by atoms with van der Waals surface area (Å²) in [5, 5.41) is 0. The Kier molecular flexibility index (Phi) is 3.31. The lowest BCUT2D eigenvalue weighted by atomic mass is 10.2. The third-order valence-corrected chi connectivity index (χ3v) is 2.92. The highest BCUT2D eigenvalue weighted by atomic mass is 28.4. The van der Waals surface area contributed by atoms with Gasteiger partial charge in [-0.15, -0.1) is 0 Å². The Morgan fingerprint density at radius 2 is 2.14 bits per heavy atom. The van der Waals surface area contributed by atoms with Gasteiger partial charge >= 0.3 is 5.97 Å². The lowest BCUT2D eigenvalue weighted by Crippen LogP contribution is -2.41. The molecule has 0 aromatic carbocycles. The Hall–Kier alpha value is -0.843. The summed E-state index contributed by atoms with van der Waals surface area (Å²) < 4.78 is 5.35. The molecule has 0 aliphatic carbocycles. The number of likely N-dealkylation sites (tertiary alicyclic amines) is 1. The minimum Gasteiger partial charge on any atom is -0.518 e. The first-order valence-electron chi connectivity index (χ1n) is 4.88. The fourth-order valence-corrected chi connectivity index (χ4v) is 2.28. The summed E-state index contributed by atoms with van der Waals surface area (Å²) in [6.07, 6.45) is 2.37. The zero-order valence-corrected chi connectivity index (χ0v) is 9.95. The molecule has 0 radical (unpaired) electrons. The van der Waals surface area contributed by atoms with Crippen LogP contribution in [0.2, 0.25) is 19.6 Å². The molecule has 0 bridgehead atoms. The molecule has 1 fully saturated rings. The summed E-state index contributed by atoms with van der Waals surface area (Å²) >= 11 is 0. The molecule has 1 atom stereocenters. The van der Waals surface area contributed by atoms with Crippen molar-refractivity contribution in [2.24, 2.45) is 0 Å². The van der Waals surface area contributed by atoms with E-state index in [4.69, 9.17) is 4.43 Å². The second kappa shape index (κ2) is 4.12. The maximum atomic E-state index is 11.6. The number of carbonyl (C=O) groups excluding carboxylic acids is 2. The highest BCUT2D eigenvalue weighted by Gasteiger charge is 2.33. The Morgan fingerprint density at radius 1 is 1.50 bits per heavy atom. The van der Waals surface area contributed by atoms with E-state index in [1.807, 2.05) is 19.6 Å². The van der Waals surface area contributed by atoms with Crippen LogP contribution in [0, 0.1) is 0 Å². The van der Waals surface area contributed by atoms with Crippen LogP contribution in [0.5, 0.6) is 0 Å². The Morgan fingerprint density at radius 3 is 2.64 bits per heavy atom. The van der Waals surface area contributed by atoms with Crippen LogP contribution in [0.1, 0.15) is 12.8 Å². The largest absolute Gasteiger partial charge is 0.518 e. The van der Waals surface area contributed by atoms with E-state index in [2.05, 4.69) is 0 Å². The lowest BCUT2D eigenvalue weighted by molar-refractivity contribution is -0.142. The van der Waals surface area contributed by atoms with Gasteiger partial charge in [0.2, 0.25) is 14.7 Å². The minimum absolute atomic E-state index is 0.228. The predicted octanol–water partition coefficient (Wildman–Crippen LogP) is 0.985. The van der Waals surface area contributed by atoms with Gasteiger partial charge in [0.25, 0.3) is 0 Å². The van der Waals surface area contributed by atoms with Gasteiger partial charge in [-0.1, -0.05) is 0 Å². The molecule has 1 rings (SSSR count). The van der Waals surface area contributed by atoms with Gasteiger partial charge in [-0.2, -0.15) is 0 Å². The summed E-state index contributed by atoms with van der Waals surface area (Å²) in [5.41, 5.74) is 0. The minimum atomic E-state index is -1.82. The summed E-state index contributed by atoms with van der Waals surface area (Å²) in [6, 6.07) is -0.334. The second-order valence-corrected chi connectivity index (χ2v) is 8.96. The fraction of sp³-hybridized carbons (Fsp3) is 0.778. The number of nitrogens with zero attached hydrogens (tertiary/aromatic N) is 1. The zero-order chi connectivity index (χ0) is 10.8. The first-order chi connectivity index (χ1) is 6.44. The molecule has 1 heterocycles. The third kappa shape index (κ3) is 2.83. The molecule has 1 amide bonds. The topological polar surface area (TPSA) is 46.6 Å². The number of carbonyl (C=O) groups is 2. The van der Waals surface area contributed by atoms with E-state index in [1.165, 1.54) is 4.90 Å². The summed E-state index contributed by atoms with van der Waals surface area (Å²) in [5.74, 6) is -0.228. The smallest absolute Gasteiger partial charge is 0.315 e. The van der Waals surface area contributed by atoms with Crippen LogP contribution < -0.4 is 0 Å². The first kappa shape index (κ1) is 11.2. The molecule has 0 aromatic heterocycles. The van der Waals surface area contributed by atoms with Crippen LogP contribution in [0.3, 0.4) is 0 Å². The van der Waals surface area contributed by atoms with Gasteiger partial charge in [-0.3, -0.25) is 9.59 Å². The molecule has 0 saturated carbocycles. The molecule has 0 spiro atoms. The van der Waals surface area contributed by atoms with E-state index >= 15 is 0 Å². The zero-order valence-electron chi connectivity index (χ0n) is 8.95. The number of rotatable bonds is 3. The third-order valence-electron chi connectivity index (χ3n) is 2.11. The van der Waals surface area contributed by atoms with Gasteiger partial charge in [0.1, 0.15) is 6.04 Å². The van der Waals surface area contributed by atoms with E-state index in [0.29, 0.717) is 6.54 Å². The van der Waals surface area contributed by atoms with Crippen molar-refractivity contribution in [1.29, 1.82) is 0 Å². The van der Waals surface area contributed by atoms with Crippen LogP contribution in [-0.2, 0) is 14.0 Å². The van der Waals surface area contributed by atoms with E-state index in [1.54, 1.807) is 0 Å². The second-order valence-electron chi connectivity index (χ2n) is 4.53. The van der Waals surface area contributed by atoms with Gasteiger partial charge in [0, 0.05) is 6.54 Å². The molecule has 0 unspecified atom stereocenters. The molecule has 1 aliphatic heterocycles. The van der Waals surface area contributed by atoms with Crippen molar-refractivity contribution >= 4 is 20.7 Å². The standard InChI is InChI=1S/C9H17NO3Si/c1-14(2,3)13-9(12)8-5-4-6-10(8)7-11/h7-8H,4-6H2,1-3H3/t8-/m0/s1. The van der Waals surface area contributed by atoms with Crippen molar-refractivity contribution in [3.05, 3.63) is 0 Å². The summed E-state index contributed by atoms with van der Waals surface area (Å²) in [4.78, 5) is 23.8. The quantitative estimate of drug-likeness (QED) is 0.521. The SMILES string of the molecule is C[Si](C)(C)OC(=O)[C@@H]1CCCN1C=O. The van der Waals surface area contributed by atoms with Crippen LogP contribution in [0.4, 0.5) is 0 Å². The van der Waals surface area contributed by atoms with Crippen molar-refractivity contribution in [3.8, 4) is 0 Å². The molecule has 1 aliphatic rings. The molecular formula is C9H17NO3Si. The van der Waals surface area contributed by atoms with Gasteiger partial charge in [-0.25, -0.2) is 0 Å². The average molecular weight is 215 g/mol. The van der Waals surface area contributed by atoms with Crippen molar-refractivity contribution in [2.75, 3.05) is 6.54 Å². The highest BCUT2D eigenvalue weighted by molar-refractivity contribution is 6.71. The van der Waals surface area contributed by atoms with E-state index in [0.717, 1.165) is 19.3 Å². The van der Waals surface area contributed by atoms with Crippen molar-refractivity contribution in [2.45, 2.75) is 38.5 Å². The normalized spacial score (nSPS) is 22.2. The van der Waals surface area contributed by atoms with Gasteiger partial charge in [0.05, 0.1) is 0 Å². The van der Waals surface area contributed by atoms with Gasteiger partial charge < -0.3 is 9.33 Å². The molecule has 1 saturated heterocycles. The molecule has 14 heavy (non-hydrogen) atoms. The number of hydrogen-bond donors (Lipinski definition) is 0. The maximum Gasteiger partial charge on any atom is 0.315 e. The lowest BCUT2D eigenvalue weighted by Gasteiger charge is -2.24. The average Bonchev–Trinajstić information content (AvgIpc) is 2.47. The molecule has 80 valence electrons.